The average molecular weight is 433 g/mol. The van der Waals surface area contributed by atoms with Gasteiger partial charge in [0.05, 0.1) is 0 Å². The zero-order chi connectivity index (χ0) is 22.3. The number of fused-ring (bicyclic) bond motifs is 3. The fourth-order valence-corrected chi connectivity index (χ4v) is 7.28. The van der Waals surface area contributed by atoms with Crippen molar-refractivity contribution >= 4 is 0 Å². The molecule has 0 aliphatic heterocycles. The molecule has 0 N–H and O–H groups in total. The molecule has 0 unspecified atom stereocenters. The Morgan fingerprint density at radius 3 is 2.03 bits per heavy atom. The molecule has 0 saturated heterocycles. The van der Waals surface area contributed by atoms with Crippen LogP contribution in [-0.4, -0.2) is 0 Å². The summed E-state index contributed by atoms with van der Waals surface area (Å²) in [5, 5.41) is 0. The first-order valence-corrected chi connectivity index (χ1v) is 14.3. The van der Waals surface area contributed by atoms with Crippen molar-refractivity contribution in [2.45, 2.75) is 129 Å². The van der Waals surface area contributed by atoms with Crippen LogP contribution in [0.15, 0.2) is 24.3 Å². The van der Waals surface area contributed by atoms with Crippen LogP contribution < -0.4 is 0 Å². The maximum absolute atomic E-state index is 3.81. The molecular formula is C32H48. The van der Waals surface area contributed by atoms with Crippen molar-refractivity contribution in [2.75, 3.05) is 0 Å². The standard InChI is InChI=1S/C32H48/c1-3-5-7-8-10-28-15-17-30(18-16-28)32-24-21-31(22-25-32,23-26-32)20-19-29-13-11-27(12-14-29)9-6-4-2/h11-14,28,30H,3-10,15-18,21-26H2,1-2H3/t28-,30-,31?,32?. The number of rotatable bonds is 9. The van der Waals surface area contributed by atoms with E-state index in [1.165, 1.54) is 127 Å². The fourth-order valence-electron chi connectivity index (χ4n) is 7.28. The van der Waals surface area contributed by atoms with E-state index in [2.05, 4.69) is 50.0 Å². The Hall–Kier alpha value is -1.22. The Morgan fingerprint density at radius 1 is 0.750 bits per heavy atom. The van der Waals surface area contributed by atoms with Gasteiger partial charge in [0.25, 0.3) is 0 Å². The minimum absolute atomic E-state index is 0.332. The highest BCUT2D eigenvalue weighted by Crippen LogP contribution is 2.62. The zero-order valence-corrected chi connectivity index (χ0v) is 21.2. The number of benzene rings is 1. The van der Waals surface area contributed by atoms with E-state index in [4.69, 9.17) is 0 Å². The molecule has 0 radical (unpaired) electrons. The first-order chi connectivity index (χ1) is 15.7. The zero-order valence-electron chi connectivity index (χ0n) is 21.2. The van der Waals surface area contributed by atoms with Gasteiger partial charge in [-0.25, -0.2) is 0 Å². The van der Waals surface area contributed by atoms with Gasteiger partial charge in [0, 0.05) is 11.0 Å². The summed E-state index contributed by atoms with van der Waals surface area (Å²) in [6, 6.07) is 9.10. The molecule has 176 valence electrons. The Bertz CT molecular complexity index is 725. The van der Waals surface area contributed by atoms with Crippen molar-refractivity contribution in [3.05, 3.63) is 35.4 Å². The van der Waals surface area contributed by atoms with Crippen molar-refractivity contribution in [1.29, 1.82) is 0 Å². The van der Waals surface area contributed by atoms with Crippen molar-refractivity contribution in [1.82, 2.24) is 0 Å². The Kier molecular flexibility index (Phi) is 8.43. The lowest BCUT2D eigenvalue weighted by Gasteiger charge is -2.56. The van der Waals surface area contributed by atoms with Crippen LogP contribution in [0.5, 0.6) is 0 Å². The highest BCUT2D eigenvalue weighted by molar-refractivity contribution is 5.38. The van der Waals surface area contributed by atoms with Gasteiger partial charge in [0.1, 0.15) is 0 Å². The molecule has 2 bridgehead atoms. The van der Waals surface area contributed by atoms with Crippen LogP contribution in [0.3, 0.4) is 0 Å². The van der Waals surface area contributed by atoms with Crippen molar-refractivity contribution < 1.29 is 0 Å². The third-order valence-corrected chi connectivity index (χ3v) is 9.73. The molecule has 1 aromatic rings. The lowest BCUT2D eigenvalue weighted by Crippen LogP contribution is -2.45. The second kappa shape index (κ2) is 11.3. The molecule has 0 spiro atoms. The molecule has 0 heterocycles. The number of unbranched alkanes of at least 4 members (excludes halogenated alkanes) is 4. The highest BCUT2D eigenvalue weighted by Gasteiger charge is 2.51. The van der Waals surface area contributed by atoms with Gasteiger partial charge in [-0.2, -0.15) is 0 Å². The molecule has 5 rings (SSSR count). The summed E-state index contributed by atoms with van der Waals surface area (Å²) in [6.45, 7) is 4.59. The molecule has 1 aromatic carbocycles. The maximum atomic E-state index is 3.81. The summed E-state index contributed by atoms with van der Waals surface area (Å²) >= 11 is 0. The first-order valence-electron chi connectivity index (χ1n) is 14.3. The summed E-state index contributed by atoms with van der Waals surface area (Å²) in [7, 11) is 0. The molecular weight excluding hydrogens is 384 g/mol. The molecule has 0 amide bonds. The molecule has 0 nitrogen and oxygen atoms in total. The van der Waals surface area contributed by atoms with Crippen LogP contribution in [0.4, 0.5) is 0 Å². The smallest absolute Gasteiger partial charge is 0.0319 e. The quantitative estimate of drug-likeness (QED) is 0.269. The molecule has 4 aliphatic rings. The normalized spacial score (nSPS) is 31.8. The van der Waals surface area contributed by atoms with Crippen LogP contribution in [0.1, 0.15) is 134 Å². The Balaban J connectivity index is 1.26. The lowest BCUT2D eigenvalue weighted by molar-refractivity contribution is -0.0379. The van der Waals surface area contributed by atoms with E-state index in [1.54, 1.807) is 0 Å². The van der Waals surface area contributed by atoms with Gasteiger partial charge in [0.2, 0.25) is 0 Å². The lowest BCUT2D eigenvalue weighted by atomic mass is 9.48. The van der Waals surface area contributed by atoms with Gasteiger partial charge in [-0.15, -0.1) is 0 Å². The molecule has 32 heavy (non-hydrogen) atoms. The van der Waals surface area contributed by atoms with Crippen LogP contribution in [0.25, 0.3) is 0 Å². The molecule has 4 saturated carbocycles. The van der Waals surface area contributed by atoms with E-state index in [9.17, 15) is 0 Å². The maximum Gasteiger partial charge on any atom is 0.0319 e. The largest absolute Gasteiger partial charge is 0.0911 e. The topological polar surface area (TPSA) is 0 Å². The van der Waals surface area contributed by atoms with Crippen molar-refractivity contribution in [3.63, 3.8) is 0 Å². The molecule has 0 atom stereocenters. The van der Waals surface area contributed by atoms with E-state index in [1.807, 2.05) is 0 Å². The minimum Gasteiger partial charge on any atom is -0.0911 e. The average Bonchev–Trinajstić information content (AvgIpc) is 2.86. The summed E-state index contributed by atoms with van der Waals surface area (Å²) in [5.74, 6) is 9.47. The molecule has 4 aliphatic carbocycles. The number of hydrogen-bond donors (Lipinski definition) is 0. The van der Waals surface area contributed by atoms with E-state index in [-0.39, 0.29) is 0 Å². The van der Waals surface area contributed by atoms with Gasteiger partial charge in [-0.05, 0) is 99.2 Å². The number of hydrogen-bond acceptors (Lipinski definition) is 0. The van der Waals surface area contributed by atoms with Crippen LogP contribution in [-0.2, 0) is 6.42 Å². The van der Waals surface area contributed by atoms with Crippen LogP contribution >= 0.6 is 0 Å². The summed E-state index contributed by atoms with van der Waals surface area (Å²) in [4.78, 5) is 0. The van der Waals surface area contributed by atoms with Crippen LogP contribution in [0, 0.1) is 34.5 Å². The van der Waals surface area contributed by atoms with Gasteiger partial charge in [0.15, 0.2) is 0 Å². The van der Waals surface area contributed by atoms with Gasteiger partial charge < -0.3 is 0 Å². The van der Waals surface area contributed by atoms with E-state index >= 15 is 0 Å². The second-order valence-electron chi connectivity index (χ2n) is 11.8. The second-order valence-corrected chi connectivity index (χ2v) is 11.8. The SMILES string of the molecule is CCCCCC[C@H]1CC[C@H](C23CCC(C#Cc4ccc(CCCC)cc4)(CC2)CC3)CC1. The first kappa shape index (κ1) is 23.9. The Labute approximate surface area is 199 Å². The van der Waals surface area contributed by atoms with Crippen molar-refractivity contribution in [3.8, 4) is 11.8 Å². The fraction of sp³-hybridized carbons (Fsp3) is 0.750. The highest BCUT2D eigenvalue weighted by atomic mass is 14.6. The third-order valence-electron chi connectivity index (χ3n) is 9.73. The molecule has 4 fully saturated rings. The van der Waals surface area contributed by atoms with Gasteiger partial charge >= 0.3 is 0 Å². The predicted molar refractivity (Wildman–Crippen MR) is 139 cm³/mol. The minimum atomic E-state index is 0.332. The van der Waals surface area contributed by atoms with Crippen molar-refractivity contribution in [2.24, 2.45) is 22.7 Å². The predicted octanol–water partition coefficient (Wildman–Crippen LogP) is 9.50. The monoisotopic (exact) mass is 432 g/mol. The van der Waals surface area contributed by atoms with Gasteiger partial charge in [-0.1, -0.05) is 89.2 Å². The summed E-state index contributed by atoms with van der Waals surface area (Å²) in [5.41, 5.74) is 3.71. The molecule has 0 heteroatoms. The number of aryl methyl sites for hydroxylation is 1. The van der Waals surface area contributed by atoms with Crippen LogP contribution in [0.2, 0.25) is 0 Å². The molecule has 0 aromatic heterocycles. The van der Waals surface area contributed by atoms with E-state index < -0.39 is 0 Å². The van der Waals surface area contributed by atoms with E-state index in [0.29, 0.717) is 10.8 Å². The Morgan fingerprint density at radius 2 is 1.41 bits per heavy atom. The van der Waals surface area contributed by atoms with E-state index in [0.717, 1.165) is 11.8 Å². The summed E-state index contributed by atoms with van der Waals surface area (Å²) in [6.07, 6.45) is 25.6. The van der Waals surface area contributed by atoms with Gasteiger partial charge in [-0.3, -0.25) is 0 Å². The summed E-state index contributed by atoms with van der Waals surface area (Å²) < 4.78 is 0. The third kappa shape index (κ3) is 5.82.